The molecule has 0 aliphatic rings. The predicted molar refractivity (Wildman–Crippen MR) is 92.6 cm³/mol. The van der Waals surface area contributed by atoms with Gasteiger partial charge in [0.05, 0.1) is 18.4 Å². The Morgan fingerprint density at radius 1 is 0.875 bits per heavy atom. The van der Waals surface area contributed by atoms with E-state index in [2.05, 4.69) is 15.0 Å². The molecule has 4 rings (SSSR count). The number of pyridine rings is 2. The molecular weight excluding hydrogens is 300 g/mol. The van der Waals surface area contributed by atoms with Gasteiger partial charge in [-0.2, -0.15) is 0 Å². The van der Waals surface area contributed by atoms with Gasteiger partial charge in [0, 0.05) is 18.6 Å². The van der Waals surface area contributed by atoms with Crippen molar-refractivity contribution in [2.75, 3.05) is 0 Å². The molecule has 0 saturated carbocycles. The first-order chi connectivity index (χ1) is 11.8. The van der Waals surface area contributed by atoms with E-state index in [4.69, 9.17) is 0 Å². The maximum Gasteiger partial charge on any atom is 0.280 e. The van der Waals surface area contributed by atoms with Crippen molar-refractivity contribution < 1.29 is 0 Å². The van der Waals surface area contributed by atoms with E-state index in [-0.39, 0.29) is 5.56 Å². The van der Waals surface area contributed by atoms with Crippen molar-refractivity contribution in [2.24, 2.45) is 0 Å². The van der Waals surface area contributed by atoms with Crippen LogP contribution >= 0.6 is 0 Å². The lowest BCUT2D eigenvalue weighted by atomic mass is 10.1. The summed E-state index contributed by atoms with van der Waals surface area (Å²) in [4.78, 5) is 25.0. The van der Waals surface area contributed by atoms with Crippen molar-refractivity contribution in [1.29, 1.82) is 0 Å². The van der Waals surface area contributed by atoms with Crippen molar-refractivity contribution in [2.45, 2.75) is 6.54 Å². The minimum Gasteiger partial charge on any atom is -0.293 e. The number of benzene rings is 1. The smallest absolute Gasteiger partial charge is 0.280 e. The Kier molecular flexibility index (Phi) is 3.59. The first kappa shape index (κ1) is 14.3. The van der Waals surface area contributed by atoms with Gasteiger partial charge in [0.2, 0.25) is 0 Å². The molecule has 116 valence electrons. The fraction of sp³-hybridized carbons (Fsp3) is 0.0526. The molecule has 4 aromatic rings. The third kappa shape index (κ3) is 2.67. The molecule has 0 radical (unpaired) electrons. The number of hydrogen-bond donors (Lipinski definition) is 0. The van der Waals surface area contributed by atoms with Crippen molar-refractivity contribution in [1.82, 2.24) is 19.5 Å². The van der Waals surface area contributed by atoms with E-state index in [1.807, 2.05) is 42.6 Å². The highest BCUT2D eigenvalue weighted by molar-refractivity contribution is 5.72. The van der Waals surface area contributed by atoms with Crippen LogP contribution in [0.5, 0.6) is 0 Å². The van der Waals surface area contributed by atoms with Crippen LogP contribution in [0.1, 0.15) is 5.56 Å². The number of aromatic nitrogens is 4. The van der Waals surface area contributed by atoms with E-state index < -0.39 is 0 Å². The Balaban J connectivity index is 1.64. The molecule has 0 saturated heterocycles. The van der Waals surface area contributed by atoms with Gasteiger partial charge in [-0.1, -0.05) is 30.3 Å². The van der Waals surface area contributed by atoms with E-state index in [0.717, 1.165) is 16.7 Å². The molecule has 1 aromatic carbocycles. The van der Waals surface area contributed by atoms with Crippen molar-refractivity contribution in [3.63, 3.8) is 0 Å². The lowest BCUT2D eigenvalue weighted by Gasteiger charge is -2.07. The second-order valence-electron chi connectivity index (χ2n) is 5.49. The highest BCUT2D eigenvalue weighted by Crippen LogP contribution is 2.18. The summed E-state index contributed by atoms with van der Waals surface area (Å²) in [7, 11) is 0. The summed E-state index contributed by atoms with van der Waals surface area (Å²) >= 11 is 0. The summed E-state index contributed by atoms with van der Waals surface area (Å²) in [6, 6.07) is 15.6. The Hall–Kier alpha value is -3.34. The van der Waals surface area contributed by atoms with Crippen LogP contribution in [-0.4, -0.2) is 19.5 Å². The van der Waals surface area contributed by atoms with Crippen LogP contribution in [0, 0.1) is 0 Å². The van der Waals surface area contributed by atoms with Gasteiger partial charge in [0.15, 0.2) is 5.52 Å². The summed E-state index contributed by atoms with van der Waals surface area (Å²) in [5.74, 6) is 0. The minimum atomic E-state index is -0.128. The lowest BCUT2D eigenvalue weighted by Crippen LogP contribution is -2.21. The molecule has 0 atom stereocenters. The zero-order chi connectivity index (χ0) is 16.4. The molecule has 3 aromatic heterocycles. The molecule has 0 aliphatic carbocycles. The first-order valence-corrected chi connectivity index (χ1v) is 7.61. The number of nitrogens with zero attached hydrogens (tertiary/aromatic N) is 4. The monoisotopic (exact) mass is 314 g/mol. The van der Waals surface area contributed by atoms with E-state index in [1.165, 1.54) is 0 Å². The summed E-state index contributed by atoms with van der Waals surface area (Å²) in [6.45, 7) is 0.464. The average molecular weight is 314 g/mol. The Bertz CT molecular complexity index is 1040. The lowest BCUT2D eigenvalue weighted by molar-refractivity contribution is 0.746. The zero-order valence-corrected chi connectivity index (χ0v) is 12.8. The van der Waals surface area contributed by atoms with Crippen molar-refractivity contribution in [3.05, 3.63) is 89.4 Å². The Morgan fingerprint density at radius 3 is 2.50 bits per heavy atom. The highest BCUT2D eigenvalue weighted by atomic mass is 16.1. The van der Waals surface area contributed by atoms with Crippen LogP contribution < -0.4 is 5.56 Å². The maximum atomic E-state index is 12.5. The molecule has 0 unspecified atom stereocenters. The molecule has 24 heavy (non-hydrogen) atoms. The third-order valence-electron chi connectivity index (χ3n) is 3.89. The molecule has 0 bridgehead atoms. The number of hydrogen-bond acceptors (Lipinski definition) is 4. The summed E-state index contributed by atoms with van der Waals surface area (Å²) < 4.78 is 1.58. The van der Waals surface area contributed by atoms with Gasteiger partial charge in [-0.15, -0.1) is 0 Å². The van der Waals surface area contributed by atoms with E-state index in [0.29, 0.717) is 17.6 Å². The third-order valence-corrected chi connectivity index (χ3v) is 3.89. The van der Waals surface area contributed by atoms with E-state index in [9.17, 15) is 4.79 Å². The number of fused-ring (bicyclic) bond motifs is 1. The molecule has 5 nitrogen and oxygen atoms in total. The second-order valence-corrected chi connectivity index (χ2v) is 5.49. The van der Waals surface area contributed by atoms with Gasteiger partial charge in [0.25, 0.3) is 5.56 Å². The van der Waals surface area contributed by atoms with Crippen LogP contribution in [0.2, 0.25) is 0 Å². The molecule has 0 aliphatic heterocycles. The standard InChI is InChI=1S/C19H14N4O/c24-19-18-17(4-2-10-21-18)22-13-23(19)12-14-5-7-15(8-6-14)16-3-1-9-20-11-16/h1-11,13H,12H2. The van der Waals surface area contributed by atoms with E-state index in [1.54, 1.807) is 35.4 Å². The van der Waals surface area contributed by atoms with Gasteiger partial charge in [-0.25, -0.2) is 9.97 Å². The molecule has 0 fully saturated rings. The van der Waals surface area contributed by atoms with Gasteiger partial charge in [0.1, 0.15) is 0 Å². The summed E-state index contributed by atoms with van der Waals surface area (Å²) in [5.41, 5.74) is 4.08. The highest BCUT2D eigenvalue weighted by Gasteiger charge is 2.05. The van der Waals surface area contributed by atoms with E-state index >= 15 is 0 Å². The van der Waals surface area contributed by atoms with Crippen LogP contribution in [-0.2, 0) is 6.54 Å². The normalized spacial score (nSPS) is 10.8. The predicted octanol–water partition coefficient (Wildman–Crippen LogP) is 2.90. The first-order valence-electron chi connectivity index (χ1n) is 7.61. The molecule has 0 N–H and O–H groups in total. The Labute approximate surface area is 138 Å². The van der Waals surface area contributed by atoms with Gasteiger partial charge >= 0.3 is 0 Å². The second kappa shape index (κ2) is 6.04. The maximum absolute atomic E-state index is 12.5. The van der Waals surface area contributed by atoms with Crippen LogP contribution in [0.3, 0.4) is 0 Å². The SMILES string of the molecule is O=c1c2ncccc2ncn1Cc1ccc(-c2cccnc2)cc1. The molecule has 5 heteroatoms. The summed E-state index contributed by atoms with van der Waals surface area (Å²) in [5, 5.41) is 0. The van der Waals surface area contributed by atoms with Gasteiger partial charge in [-0.05, 0) is 34.9 Å². The van der Waals surface area contributed by atoms with Crippen molar-refractivity contribution in [3.8, 4) is 11.1 Å². The average Bonchev–Trinajstić information content (AvgIpc) is 2.66. The van der Waals surface area contributed by atoms with Crippen LogP contribution in [0.4, 0.5) is 0 Å². The van der Waals surface area contributed by atoms with Crippen LogP contribution in [0.15, 0.2) is 78.2 Å². The fourth-order valence-electron chi connectivity index (χ4n) is 2.63. The van der Waals surface area contributed by atoms with Gasteiger partial charge < -0.3 is 0 Å². The quantitative estimate of drug-likeness (QED) is 0.583. The topological polar surface area (TPSA) is 60.7 Å². The summed E-state index contributed by atoms with van der Waals surface area (Å²) in [6.07, 6.45) is 6.77. The van der Waals surface area contributed by atoms with Gasteiger partial charge in [-0.3, -0.25) is 14.3 Å². The minimum absolute atomic E-state index is 0.128. The zero-order valence-electron chi connectivity index (χ0n) is 12.8. The van der Waals surface area contributed by atoms with Crippen molar-refractivity contribution >= 4 is 11.0 Å². The Morgan fingerprint density at radius 2 is 1.71 bits per heavy atom. The molecular formula is C19H14N4O. The van der Waals surface area contributed by atoms with Crippen LogP contribution in [0.25, 0.3) is 22.2 Å². The molecule has 3 heterocycles. The molecule has 0 amide bonds. The molecule has 0 spiro atoms. The number of rotatable bonds is 3. The fourth-order valence-corrected chi connectivity index (χ4v) is 2.63. The largest absolute Gasteiger partial charge is 0.293 e.